The zero-order chi connectivity index (χ0) is 34.0. The molecule has 6 aromatic carbocycles. The third kappa shape index (κ3) is 6.07. The van der Waals surface area contributed by atoms with Gasteiger partial charge in [0, 0.05) is 28.7 Å². The number of hydrogen-bond donors (Lipinski definition) is 1. The van der Waals surface area contributed by atoms with Crippen molar-refractivity contribution in [3.05, 3.63) is 182 Å². The van der Waals surface area contributed by atoms with Crippen LogP contribution in [-0.2, 0) is 17.1 Å². The zero-order valence-corrected chi connectivity index (χ0v) is 28.7. The van der Waals surface area contributed by atoms with E-state index in [2.05, 4.69) is 133 Å². The molecule has 0 bridgehead atoms. The van der Waals surface area contributed by atoms with Crippen molar-refractivity contribution in [1.82, 2.24) is 34.1 Å². The molecule has 0 saturated heterocycles. The van der Waals surface area contributed by atoms with Crippen LogP contribution in [0.1, 0.15) is 0 Å². The molecule has 4 heterocycles. The van der Waals surface area contributed by atoms with Crippen LogP contribution < -0.4 is 0 Å². The van der Waals surface area contributed by atoms with Crippen LogP contribution in [0.4, 0.5) is 0 Å². The van der Waals surface area contributed by atoms with Crippen LogP contribution in [0.3, 0.4) is 0 Å². The molecule has 0 atom stereocenters. The van der Waals surface area contributed by atoms with E-state index in [0.717, 1.165) is 78.8 Å². The number of benzene rings is 6. The fourth-order valence-electron chi connectivity index (χ4n) is 6.54. The first kappa shape index (κ1) is 32.6. The van der Waals surface area contributed by atoms with Crippen LogP contribution in [0.15, 0.2) is 182 Å². The Hall–Kier alpha value is -6.60. The van der Waals surface area contributed by atoms with Crippen LogP contribution in [0.2, 0.25) is 0 Å². The van der Waals surface area contributed by atoms with E-state index in [1.54, 1.807) is 6.20 Å². The van der Waals surface area contributed by atoms with E-state index in [1.165, 1.54) is 0 Å². The number of nitrogens with one attached hydrogen (secondary N) is 1. The maximum atomic E-state index is 5.13. The molecule has 0 unspecified atom stereocenters. The number of aromatic nitrogens is 7. The molecule has 1 radical (unpaired) electrons. The van der Waals surface area contributed by atoms with Gasteiger partial charge in [0.1, 0.15) is 17.3 Å². The number of aromatic amines is 1. The summed E-state index contributed by atoms with van der Waals surface area (Å²) >= 11 is 0. The van der Waals surface area contributed by atoms with Gasteiger partial charge in [0.05, 0.1) is 33.1 Å². The zero-order valence-electron chi connectivity index (χ0n) is 27.8. The van der Waals surface area contributed by atoms with Crippen molar-refractivity contribution in [2.75, 3.05) is 0 Å². The van der Waals surface area contributed by atoms with Gasteiger partial charge in [0.2, 0.25) is 0 Å². The van der Waals surface area contributed by atoms with Gasteiger partial charge in [-0.1, -0.05) is 103 Å². The molecule has 0 spiro atoms. The van der Waals surface area contributed by atoms with E-state index in [0.29, 0.717) is 0 Å². The second-order valence-electron chi connectivity index (χ2n) is 12.1. The fraction of sp³-hybridized carbons (Fsp3) is 0. The fourth-order valence-corrected chi connectivity index (χ4v) is 6.54. The van der Waals surface area contributed by atoms with Crippen LogP contribution in [0, 0.1) is 0 Å². The predicted molar refractivity (Wildman–Crippen MR) is 206 cm³/mol. The summed E-state index contributed by atoms with van der Waals surface area (Å²) < 4.78 is 4.48. The van der Waals surface area contributed by atoms with Crippen LogP contribution in [0.5, 0.6) is 0 Å². The summed E-state index contributed by atoms with van der Waals surface area (Å²) in [4.78, 5) is 22.2. The number of H-pyrrole nitrogens is 1. The van der Waals surface area contributed by atoms with Gasteiger partial charge in [0.25, 0.3) is 0 Å². The third-order valence-corrected chi connectivity index (χ3v) is 8.86. The summed E-state index contributed by atoms with van der Waals surface area (Å²) in [5.41, 5.74) is 11.2. The first-order valence-electron chi connectivity index (χ1n) is 16.8. The summed E-state index contributed by atoms with van der Waals surface area (Å²) in [5, 5.41) is 0. The molecule has 0 aliphatic rings. The summed E-state index contributed by atoms with van der Waals surface area (Å²) in [5.74, 6) is 2.60. The quantitative estimate of drug-likeness (QED) is 0.180. The molecule has 7 nitrogen and oxygen atoms in total. The molecule has 8 heteroatoms. The van der Waals surface area contributed by atoms with Gasteiger partial charge < -0.3 is 4.98 Å². The Bertz CT molecular complexity index is 2580. The monoisotopic (exact) mass is 720 g/mol. The van der Waals surface area contributed by atoms with Gasteiger partial charge in [-0.15, -0.1) is 0 Å². The van der Waals surface area contributed by atoms with Gasteiger partial charge in [0.15, 0.2) is 5.82 Å². The molecule has 0 amide bonds. The van der Waals surface area contributed by atoms with E-state index < -0.39 is 0 Å². The van der Waals surface area contributed by atoms with E-state index in [9.17, 15) is 0 Å². The maximum absolute atomic E-state index is 5.13. The SMILES string of the molecule is [Cu+2].c1ccc(-c2nc3ccccc3[nH]2)nc1.c1ccc(-n2c(-c3ccccc3-c3nc4ccccc4n3-c3ccccc3)nc3ccccc32)cc1. The minimum atomic E-state index is 0. The average molecular weight is 721 g/mol. The Morgan fingerprint density at radius 2 is 0.865 bits per heavy atom. The topological polar surface area (TPSA) is 77.2 Å². The molecule has 10 rings (SSSR count). The van der Waals surface area contributed by atoms with Crippen molar-refractivity contribution < 1.29 is 17.1 Å². The molecule has 0 fully saturated rings. The number of rotatable bonds is 5. The van der Waals surface area contributed by atoms with Crippen molar-refractivity contribution in [3.8, 4) is 45.7 Å². The maximum Gasteiger partial charge on any atom is 2.00 e. The Kier molecular flexibility index (Phi) is 8.98. The number of imidazole rings is 3. The molecule has 10 aromatic rings. The van der Waals surface area contributed by atoms with Crippen molar-refractivity contribution in [2.24, 2.45) is 0 Å². The van der Waals surface area contributed by atoms with Crippen LogP contribution >= 0.6 is 0 Å². The van der Waals surface area contributed by atoms with E-state index in [4.69, 9.17) is 9.97 Å². The first-order valence-corrected chi connectivity index (χ1v) is 16.8. The Morgan fingerprint density at radius 1 is 0.404 bits per heavy atom. The van der Waals surface area contributed by atoms with E-state index >= 15 is 0 Å². The number of nitrogens with zero attached hydrogens (tertiary/aromatic N) is 6. The van der Waals surface area contributed by atoms with Gasteiger partial charge >= 0.3 is 17.1 Å². The Morgan fingerprint density at radius 3 is 1.38 bits per heavy atom. The van der Waals surface area contributed by atoms with Crippen molar-refractivity contribution in [2.45, 2.75) is 0 Å². The Balaban J connectivity index is 0.000000202. The number of para-hydroxylation sites is 8. The summed E-state index contributed by atoms with van der Waals surface area (Å²) in [6.07, 6.45) is 1.77. The van der Waals surface area contributed by atoms with Gasteiger partial charge in [-0.25, -0.2) is 15.0 Å². The standard InChI is InChI=1S/C32H22N4.C12H9N3.Cu/c1-3-13-23(14-4-1)35-29-21-11-9-19-27(29)33-31(35)25-17-7-8-18-26(25)32-34-28-20-10-12-22-30(28)36(32)24-15-5-2-6-16-24;1-2-6-10-9(5-1)14-12(15-10)11-7-3-4-8-13-11;/h1-22H;1-8H,(H,14,15);/q;;+2. The number of hydrogen-bond acceptors (Lipinski definition) is 4. The predicted octanol–water partition coefficient (Wildman–Crippen LogP) is 10.3. The molecular formula is C44H31CuN7+2. The minimum absolute atomic E-state index is 0. The number of fused-ring (bicyclic) bond motifs is 3. The second kappa shape index (κ2) is 14.3. The molecule has 0 aliphatic heterocycles. The average Bonchev–Trinajstić information content (AvgIpc) is 3.93. The van der Waals surface area contributed by atoms with Crippen molar-refractivity contribution in [1.29, 1.82) is 0 Å². The van der Waals surface area contributed by atoms with Crippen LogP contribution in [-0.4, -0.2) is 34.1 Å². The number of pyridine rings is 1. The second-order valence-corrected chi connectivity index (χ2v) is 12.1. The van der Waals surface area contributed by atoms with E-state index in [-0.39, 0.29) is 17.1 Å². The summed E-state index contributed by atoms with van der Waals surface area (Å²) in [7, 11) is 0. The molecule has 4 aromatic heterocycles. The minimum Gasteiger partial charge on any atom is -0.337 e. The first-order chi connectivity index (χ1) is 25.3. The summed E-state index contributed by atoms with van der Waals surface area (Å²) in [6.45, 7) is 0. The summed E-state index contributed by atoms with van der Waals surface area (Å²) in [6, 6.07) is 59.6. The van der Waals surface area contributed by atoms with Crippen LogP contribution in [0.25, 0.3) is 78.8 Å². The molecule has 0 aliphatic carbocycles. The normalized spacial score (nSPS) is 10.9. The van der Waals surface area contributed by atoms with Gasteiger partial charge in [-0.2, -0.15) is 0 Å². The van der Waals surface area contributed by atoms with Gasteiger partial charge in [-0.05, 0) is 72.8 Å². The molecular weight excluding hydrogens is 690 g/mol. The van der Waals surface area contributed by atoms with E-state index in [1.807, 2.05) is 66.7 Å². The molecule has 251 valence electrons. The molecule has 0 saturated carbocycles. The largest absolute Gasteiger partial charge is 2.00 e. The Labute approximate surface area is 310 Å². The smallest absolute Gasteiger partial charge is 0.337 e. The van der Waals surface area contributed by atoms with Crippen molar-refractivity contribution >= 4 is 33.1 Å². The van der Waals surface area contributed by atoms with Gasteiger partial charge in [-0.3, -0.25) is 14.1 Å². The molecule has 1 N–H and O–H groups in total. The van der Waals surface area contributed by atoms with Crippen molar-refractivity contribution in [3.63, 3.8) is 0 Å². The third-order valence-electron chi connectivity index (χ3n) is 8.86. The molecule has 52 heavy (non-hydrogen) atoms.